The second kappa shape index (κ2) is 6.22. The zero-order valence-corrected chi connectivity index (χ0v) is 13.6. The SMILES string of the molecule is Cc1ccc(C(C)(C)C)cc1NCc1ccc(C(=O)O)cc1. The van der Waals surface area contributed by atoms with Gasteiger partial charge in [-0.05, 0) is 47.2 Å². The molecule has 2 N–H and O–H groups in total. The van der Waals surface area contributed by atoms with E-state index in [0.717, 1.165) is 11.3 Å². The third-order valence-electron chi connectivity index (χ3n) is 3.79. The molecule has 0 aliphatic carbocycles. The van der Waals surface area contributed by atoms with Gasteiger partial charge in [0.05, 0.1) is 5.56 Å². The number of aryl methyl sites for hydroxylation is 1. The molecule has 2 aromatic rings. The first-order valence-electron chi connectivity index (χ1n) is 7.44. The fraction of sp³-hybridized carbons (Fsp3) is 0.316. The fourth-order valence-electron chi connectivity index (χ4n) is 2.24. The van der Waals surface area contributed by atoms with E-state index in [9.17, 15) is 4.79 Å². The molecule has 22 heavy (non-hydrogen) atoms. The van der Waals surface area contributed by atoms with Crippen LogP contribution in [0.15, 0.2) is 42.5 Å². The first kappa shape index (κ1) is 16.1. The second-order valence-corrected chi connectivity index (χ2v) is 6.64. The van der Waals surface area contributed by atoms with Crippen LogP contribution in [0.2, 0.25) is 0 Å². The first-order valence-corrected chi connectivity index (χ1v) is 7.44. The van der Waals surface area contributed by atoms with Crippen LogP contribution in [-0.4, -0.2) is 11.1 Å². The molecule has 3 heteroatoms. The van der Waals surface area contributed by atoms with Crippen molar-refractivity contribution in [2.45, 2.75) is 39.7 Å². The average molecular weight is 297 g/mol. The summed E-state index contributed by atoms with van der Waals surface area (Å²) in [5.41, 5.74) is 5.11. The van der Waals surface area contributed by atoms with E-state index >= 15 is 0 Å². The highest BCUT2D eigenvalue weighted by atomic mass is 16.4. The van der Waals surface area contributed by atoms with Gasteiger partial charge in [0.15, 0.2) is 0 Å². The monoisotopic (exact) mass is 297 g/mol. The van der Waals surface area contributed by atoms with Crippen molar-refractivity contribution in [3.8, 4) is 0 Å². The van der Waals surface area contributed by atoms with Gasteiger partial charge < -0.3 is 10.4 Å². The summed E-state index contributed by atoms with van der Waals surface area (Å²) in [7, 11) is 0. The Morgan fingerprint density at radius 1 is 1.09 bits per heavy atom. The molecule has 0 bridgehead atoms. The molecular formula is C19H23NO2. The van der Waals surface area contributed by atoms with E-state index in [4.69, 9.17) is 5.11 Å². The lowest BCUT2D eigenvalue weighted by atomic mass is 9.86. The van der Waals surface area contributed by atoms with Crippen LogP contribution in [0.1, 0.15) is 47.8 Å². The van der Waals surface area contributed by atoms with Crippen LogP contribution in [0, 0.1) is 6.92 Å². The lowest BCUT2D eigenvalue weighted by Gasteiger charge is -2.21. The van der Waals surface area contributed by atoms with Crippen LogP contribution < -0.4 is 5.32 Å². The van der Waals surface area contributed by atoms with Gasteiger partial charge in [0.1, 0.15) is 0 Å². The average Bonchev–Trinajstić information content (AvgIpc) is 2.45. The highest BCUT2D eigenvalue weighted by Gasteiger charge is 2.14. The summed E-state index contributed by atoms with van der Waals surface area (Å²) in [6.07, 6.45) is 0. The predicted molar refractivity (Wildman–Crippen MR) is 90.6 cm³/mol. The van der Waals surface area contributed by atoms with E-state index in [1.54, 1.807) is 12.1 Å². The Kier molecular flexibility index (Phi) is 4.55. The second-order valence-electron chi connectivity index (χ2n) is 6.64. The molecule has 0 aliphatic rings. The van der Waals surface area contributed by atoms with Crippen molar-refractivity contribution < 1.29 is 9.90 Å². The van der Waals surface area contributed by atoms with Gasteiger partial charge in [-0.25, -0.2) is 4.79 Å². The Morgan fingerprint density at radius 3 is 2.27 bits per heavy atom. The molecule has 0 aliphatic heterocycles. The van der Waals surface area contributed by atoms with Crippen molar-refractivity contribution in [1.82, 2.24) is 0 Å². The van der Waals surface area contributed by atoms with E-state index < -0.39 is 5.97 Å². The van der Waals surface area contributed by atoms with Crippen molar-refractivity contribution in [3.05, 3.63) is 64.7 Å². The van der Waals surface area contributed by atoms with Gasteiger partial charge in [-0.1, -0.05) is 45.0 Å². The largest absolute Gasteiger partial charge is 0.478 e. The van der Waals surface area contributed by atoms with Crippen molar-refractivity contribution in [1.29, 1.82) is 0 Å². The van der Waals surface area contributed by atoms with Gasteiger partial charge >= 0.3 is 5.97 Å². The molecule has 0 atom stereocenters. The number of aromatic carboxylic acids is 1. The number of hydrogen-bond acceptors (Lipinski definition) is 2. The zero-order valence-electron chi connectivity index (χ0n) is 13.6. The highest BCUT2D eigenvalue weighted by Crippen LogP contribution is 2.27. The summed E-state index contributed by atoms with van der Waals surface area (Å²) < 4.78 is 0. The van der Waals surface area contributed by atoms with Crippen LogP contribution in [0.4, 0.5) is 5.69 Å². The van der Waals surface area contributed by atoms with Gasteiger partial charge in [0, 0.05) is 12.2 Å². The highest BCUT2D eigenvalue weighted by molar-refractivity contribution is 5.87. The molecule has 0 heterocycles. The Bertz CT molecular complexity index is 667. The summed E-state index contributed by atoms with van der Waals surface area (Å²) >= 11 is 0. The van der Waals surface area contributed by atoms with Crippen molar-refractivity contribution in [2.24, 2.45) is 0 Å². The topological polar surface area (TPSA) is 49.3 Å². The van der Waals surface area contributed by atoms with Crippen LogP contribution >= 0.6 is 0 Å². The summed E-state index contributed by atoms with van der Waals surface area (Å²) in [5, 5.41) is 12.4. The Morgan fingerprint density at radius 2 is 1.73 bits per heavy atom. The Hall–Kier alpha value is -2.29. The molecule has 0 spiro atoms. The van der Waals surface area contributed by atoms with Gasteiger partial charge in [0.2, 0.25) is 0 Å². The van der Waals surface area contributed by atoms with E-state index in [-0.39, 0.29) is 5.41 Å². The van der Waals surface area contributed by atoms with Crippen LogP contribution in [-0.2, 0) is 12.0 Å². The van der Waals surface area contributed by atoms with E-state index in [0.29, 0.717) is 12.1 Å². The molecule has 0 amide bonds. The molecule has 0 saturated carbocycles. The maximum absolute atomic E-state index is 10.9. The zero-order chi connectivity index (χ0) is 16.3. The molecule has 0 aromatic heterocycles. The number of nitrogens with one attached hydrogen (secondary N) is 1. The minimum absolute atomic E-state index is 0.118. The third-order valence-corrected chi connectivity index (χ3v) is 3.79. The molecule has 2 rings (SSSR count). The lowest BCUT2D eigenvalue weighted by molar-refractivity contribution is 0.0697. The molecular weight excluding hydrogens is 274 g/mol. The quantitative estimate of drug-likeness (QED) is 0.867. The summed E-state index contributed by atoms with van der Waals surface area (Å²) in [6, 6.07) is 13.5. The number of hydrogen-bond donors (Lipinski definition) is 2. The van der Waals surface area contributed by atoms with Crippen LogP contribution in [0.25, 0.3) is 0 Å². The molecule has 3 nitrogen and oxygen atoms in total. The maximum Gasteiger partial charge on any atom is 0.335 e. The van der Waals surface area contributed by atoms with Crippen molar-refractivity contribution >= 4 is 11.7 Å². The minimum Gasteiger partial charge on any atom is -0.478 e. The summed E-state index contributed by atoms with van der Waals surface area (Å²) in [4.78, 5) is 10.9. The number of benzene rings is 2. The number of carboxylic acid groups (broad SMARTS) is 1. The van der Waals surface area contributed by atoms with Gasteiger partial charge in [0.25, 0.3) is 0 Å². The first-order chi connectivity index (χ1) is 10.3. The van der Waals surface area contributed by atoms with Gasteiger partial charge in [-0.2, -0.15) is 0 Å². The summed E-state index contributed by atoms with van der Waals surface area (Å²) in [5.74, 6) is -0.895. The smallest absolute Gasteiger partial charge is 0.335 e. The lowest BCUT2D eigenvalue weighted by Crippen LogP contribution is -2.12. The Balaban J connectivity index is 2.12. The van der Waals surface area contributed by atoms with Crippen molar-refractivity contribution in [2.75, 3.05) is 5.32 Å². The number of anilines is 1. The van der Waals surface area contributed by atoms with Gasteiger partial charge in [-0.15, -0.1) is 0 Å². The fourth-order valence-corrected chi connectivity index (χ4v) is 2.24. The molecule has 0 fully saturated rings. The van der Waals surface area contributed by atoms with Crippen LogP contribution in [0.3, 0.4) is 0 Å². The minimum atomic E-state index is -0.895. The standard InChI is InChI=1S/C19H23NO2/c1-13-5-10-16(19(2,3)4)11-17(13)20-12-14-6-8-15(9-7-14)18(21)22/h5-11,20H,12H2,1-4H3,(H,21,22). The molecule has 0 saturated heterocycles. The maximum atomic E-state index is 10.9. The van der Waals surface area contributed by atoms with Crippen molar-refractivity contribution in [3.63, 3.8) is 0 Å². The van der Waals surface area contributed by atoms with Crippen LogP contribution in [0.5, 0.6) is 0 Å². The number of rotatable bonds is 4. The molecule has 2 aromatic carbocycles. The molecule has 116 valence electrons. The van der Waals surface area contributed by atoms with E-state index in [1.165, 1.54) is 11.1 Å². The number of carboxylic acids is 1. The molecule has 0 unspecified atom stereocenters. The molecule has 0 radical (unpaired) electrons. The van der Waals surface area contributed by atoms with Gasteiger partial charge in [-0.3, -0.25) is 0 Å². The number of carbonyl (C=O) groups is 1. The Labute approximate surface area is 132 Å². The summed E-state index contributed by atoms with van der Waals surface area (Å²) in [6.45, 7) is 9.36. The van der Waals surface area contributed by atoms with E-state index in [1.807, 2.05) is 12.1 Å². The third kappa shape index (κ3) is 3.88. The normalized spacial score (nSPS) is 11.3. The van der Waals surface area contributed by atoms with E-state index in [2.05, 4.69) is 51.2 Å². The predicted octanol–water partition coefficient (Wildman–Crippen LogP) is 4.60.